The summed E-state index contributed by atoms with van der Waals surface area (Å²) in [6.45, 7) is 4.30. The lowest BCUT2D eigenvalue weighted by Crippen LogP contribution is -2.50. The standard InChI is InChI=1S/C12H18N2O4/c1-12(2,8-13)11(16)14-4-5-18-9(7-14)6-10(15)17-3/h9H,4-7H2,1-3H3. The Hall–Kier alpha value is -1.61. The summed E-state index contributed by atoms with van der Waals surface area (Å²) in [5.74, 6) is -0.600. The van der Waals surface area contributed by atoms with Crippen molar-refractivity contribution in [3.8, 4) is 6.07 Å². The number of methoxy groups -OCH3 is 1. The van der Waals surface area contributed by atoms with E-state index < -0.39 is 5.41 Å². The van der Waals surface area contributed by atoms with Crippen LogP contribution in [0, 0.1) is 16.7 Å². The third kappa shape index (κ3) is 3.44. The Morgan fingerprint density at radius 3 is 2.78 bits per heavy atom. The summed E-state index contributed by atoms with van der Waals surface area (Å²) >= 11 is 0. The van der Waals surface area contributed by atoms with E-state index in [-0.39, 0.29) is 24.4 Å². The van der Waals surface area contributed by atoms with Crippen LogP contribution in [-0.2, 0) is 19.1 Å². The molecule has 0 N–H and O–H groups in total. The second-order valence-electron chi connectivity index (χ2n) is 4.76. The molecular weight excluding hydrogens is 236 g/mol. The number of amides is 1. The van der Waals surface area contributed by atoms with Gasteiger partial charge >= 0.3 is 5.97 Å². The predicted octanol–water partition coefficient (Wildman–Crippen LogP) is 0.327. The minimum Gasteiger partial charge on any atom is -0.469 e. The van der Waals surface area contributed by atoms with Gasteiger partial charge in [-0.05, 0) is 13.8 Å². The Bertz CT molecular complexity index is 373. The summed E-state index contributed by atoms with van der Waals surface area (Å²) in [6.07, 6.45) is -0.238. The first kappa shape index (κ1) is 14.5. The van der Waals surface area contributed by atoms with E-state index >= 15 is 0 Å². The van der Waals surface area contributed by atoms with Crippen molar-refractivity contribution in [3.05, 3.63) is 0 Å². The maximum atomic E-state index is 12.1. The lowest BCUT2D eigenvalue weighted by atomic mass is 9.93. The van der Waals surface area contributed by atoms with Crippen LogP contribution in [0.3, 0.4) is 0 Å². The van der Waals surface area contributed by atoms with E-state index in [4.69, 9.17) is 10.00 Å². The van der Waals surface area contributed by atoms with Crippen LogP contribution in [-0.4, -0.2) is 49.7 Å². The molecular formula is C12H18N2O4. The summed E-state index contributed by atoms with van der Waals surface area (Å²) < 4.78 is 9.96. The molecule has 1 rings (SSSR count). The molecule has 1 aliphatic heterocycles. The van der Waals surface area contributed by atoms with Crippen molar-refractivity contribution >= 4 is 11.9 Å². The summed E-state index contributed by atoms with van der Waals surface area (Å²) in [4.78, 5) is 24.8. The molecule has 6 nitrogen and oxygen atoms in total. The van der Waals surface area contributed by atoms with E-state index in [1.54, 1.807) is 18.7 Å². The van der Waals surface area contributed by atoms with Gasteiger partial charge in [-0.2, -0.15) is 5.26 Å². The topological polar surface area (TPSA) is 79.6 Å². The van der Waals surface area contributed by atoms with Crippen molar-refractivity contribution in [2.24, 2.45) is 5.41 Å². The van der Waals surface area contributed by atoms with Gasteiger partial charge in [-0.15, -0.1) is 0 Å². The fourth-order valence-electron chi connectivity index (χ4n) is 1.74. The Morgan fingerprint density at radius 1 is 1.56 bits per heavy atom. The molecule has 0 aliphatic carbocycles. The van der Waals surface area contributed by atoms with Gasteiger partial charge in [-0.25, -0.2) is 0 Å². The SMILES string of the molecule is COC(=O)CC1CN(C(=O)C(C)(C)C#N)CCO1. The second kappa shape index (κ2) is 5.83. The zero-order chi connectivity index (χ0) is 13.8. The summed E-state index contributed by atoms with van der Waals surface area (Å²) in [6, 6.07) is 1.98. The highest BCUT2D eigenvalue weighted by Gasteiger charge is 2.35. The Kier molecular flexibility index (Phi) is 4.68. The number of hydrogen-bond acceptors (Lipinski definition) is 5. The van der Waals surface area contributed by atoms with Crippen molar-refractivity contribution < 1.29 is 19.1 Å². The minimum absolute atomic E-state index is 0.118. The Labute approximate surface area is 106 Å². The zero-order valence-corrected chi connectivity index (χ0v) is 10.9. The molecule has 18 heavy (non-hydrogen) atoms. The molecule has 1 aliphatic rings. The van der Waals surface area contributed by atoms with Crippen LogP contribution < -0.4 is 0 Å². The first-order valence-electron chi connectivity index (χ1n) is 5.79. The molecule has 1 unspecified atom stereocenters. The molecule has 1 saturated heterocycles. The molecule has 100 valence electrons. The number of carbonyl (C=O) groups is 2. The summed E-state index contributed by atoms with van der Waals surface area (Å²) in [5.41, 5.74) is -1.05. The highest BCUT2D eigenvalue weighted by molar-refractivity contribution is 5.84. The molecule has 0 bridgehead atoms. The number of hydrogen-bond donors (Lipinski definition) is 0. The zero-order valence-electron chi connectivity index (χ0n) is 10.9. The number of rotatable bonds is 3. The number of morpholine rings is 1. The fraction of sp³-hybridized carbons (Fsp3) is 0.750. The average molecular weight is 254 g/mol. The van der Waals surface area contributed by atoms with Gasteiger partial charge in [0.05, 0.1) is 32.3 Å². The molecule has 1 heterocycles. The van der Waals surface area contributed by atoms with Crippen molar-refractivity contribution in [1.82, 2.24) is 4.90 Å². The number of esters is 1. The highest BCUT2D eigenvalue weighted by atomic mass is 16.5. The Morgan fingerprint density at radius 2 is 2.22 bits per heavy atom. The minimum atomic E-state index is -1.05. The summed E-state index contributed by atoms with van der Waals surface area (Å²) in [5, 5.41) is 8.94. The lowest BCUT2D eigenvalue weighted by molar-refractivity contribution is -0.152. The van der Waals surface area contributed by atoms with Crippen LogP contribution in [0.2, 0.25) is 0 Å². The lowest BCUT2D eigenvalue weighted by Gasteiger charge is -2.35. The smallest absolute Gasteiger partial charge is 0.308 e. The van der Waals surface area contributed by atoms with E-state index in [9.17, 15) is 9.59 Å². The van der Waals surface area contributed by atoms with Gasteiger partial charge in [-0.3, -0.25) is 9.59 Å². The predicted molar refractivity (Wildman–Crippen MR) is 62.3 cm³/mol. The van der Waals surface area contributed by atoms with Gasteiger partial charge in [0, 0.05) is 13.1 Å². The molecule has 1 atom stereocenters. The van der Waals surface area contributed by atoms with Gasteiger partial charge in [-0.1, -0.05) is 0 Å². The van der Waals surface area contributed by atoms with Crippen LogP contribution in [0.25, 0.3) is 0 Å². The van der Waals surface area contributed by atoms with E-state index in [0.29, 0.717) is 19.7 Å². The van der Waals surface area contributed by atoms with Gasteiger partial charge < -0.3 is 14.4 Å². The van der Waals surface area contributed by atoms with E-state index in [2.05, 4.69) is 4.74 Å². The van der Waals surface area contributed by atoms with E-state index in [1.807, 2.05) is 6.07 Å². The van der Waals surface area contributed by atoms with Gasteiger partial charge in [0.2, 0.25) is 5.91 Å². The molecule has 6 heteroatoms. The molecule has 0 aromatic rings. The van der Waals surface area contributed by atoms with Gasteiger partial charge in [0.25, 0.3) is 0 Å². The van der Waals surface area contributed by atoms with Crippen LogP contribution >= 0.6 is 0 Å². The molecule has 0 aromatic heterocycles. The van der Waals surface area contributed by atoms with Gasteiger partial charge in [0.1, 0.15) is 5.41 Å². The third-order valence-electron chi connectivity index (χ3n) is 2.86. The van der Waals surface area contributed by atoms with E-state index in [0.717, 1.165) is 0 Å². The quantitative estimate of drug-likeness (QED) is 0.678. The van der Waals surface area contributed by atoms with Crippen molar-refractivity contribution in [2.75, 3.05) is 26.8 Å². The molecule has 0 radical (unpaired) electrons. The van der Waals surface area contributed by atoms with Crippen LogP contribution in [0.5, 0.6) is 0 Å². The number of carbonyl (C=O) groups excluding carboxylic acids is 2. The van der Waals surface area contributed by atoms with Crippen LogP contribution in [0.4, 0.5) is 0 Å². The largest absolute Gasteiger partial charge is 0.469 e. The maximum Gasteiger partial charge on any atom is 0.308 e. The van der Waals surface area contributed by atoms with E-state index in [1.165, 1.54) is 7.11 Å². The average Bonchev–Trinajstić information content (AvgIpc) is 2.38. The normalized spacial score (nSPS) is 20.1. The maximum absolute atomic E-state index is 12.1. The first-order chi connectivity index (χ1) is 8.40. The first-order valence-corrected chi connectivity index (χ1v) is 5.79. The van der Waals surface area contributed by atoms with Crippen LogP contribution in [0.15, 0.2) is 0 Å². The molecule has 0 saturated carbocycles. The van der Waals surface area contributed by atoms with Crippen molar-refractivity contribution in [3.63, 3.8) is 0 Å². The number of nitrogens with zero attached hydrogens (tertiary/aromatic N) is 2. The van der Waals surface area contributed by atoms with Crippen LogP contribution in [0.1, 0.15) is 20.3 Å². The summed E-state index contributed by atoms with van der Waals surface area (Å²) in [7, 11) is 1.31. The van der Waals surface area contributed by atoms with Crippen molar-refractivity contribution in [1.29, 1.82) is 5.26 Å². The molecule has 0 spiro atoms. The fourth-order valence-corrected chi connectivity index (χ4v) is 1.74. The molecule has 0 aromatic carbocycles. The molecule has 1 fully saturated rings. The monoisotopic (exact) mass is 254 g/mol. The van der Waals surface area contributed by atoms with Gasteiger partial charge in [0.15, 0.2) is 0 Å². The van der Waals surface area contributed by atoms with Crippen molar-refractivity contribution in [2.45, 2.75) is 26.4 Å². The highest BCUT2D eigenvalue weighted by Crippen LogP contribution is 2.20. The third-order valence-corrected chi connectivity index (χ3v) is 2.86. The molecule has 1 amide bonds. The number of ether oxygens (including phenoxy) is 2. The Balaban J connectivity index is 2.62. The number of nitriles is 1. The second-order valence-corrected chi connectivity index (χ2v) is 4.76.